The van der Waals surface area contributed by atoms with Crippen molar-refractivity contribution in [2.24, 2.45) is 5.92 Å². The molecule has 1 rings (SSSR count). The van der Waals surface area contributed by atoms with Crippen LogP contribution in [0, 0.1) is 5.92 Å². The molecule has 0 fully saturated rings. The zero-order chi connectivity index (χ0) is 12.8. The molecule has 0 bridgehead atoms. The lowest BCUT2D eigenvalue weighted by atomic mass is 10.1. The van der Waals surface area contributed by atoms with E-state index in [1.165, 1.54) is 6.92 Å². The van der Waals surface area contributed by atoms with Gasteiger partial charge in [-0.25, -0.2) is 0 Å². The Morgan fingerprint density at radius 2 is 1.76 bits per heavy atom. The SMILES string of the molecule is CC(=O)O[C@H](C(=O)Sc1ccccc1)C(C)C. The summed E-state index contributed by atoms with van der Waals surface area (Å²) in [5, 5.41) is -0.138. The maximum Gasteiger partial charge on any atom is 0.303 e. The molecule has 3 nitrogen and oxygen atoms in total. The molecular formula is C13H16O3S. The van der Waals surface area contributed by atoms with E-state index in [4.69, 9.17) is 4.74 Å². The number of carbonyl (C=O) groups is 2. The zero-order valence-corrected chi connectivity index (χ0v) is 11.0. The van der Waals surface area contributed by atoms with Gasteiger partial charge in [0.25, 0.3) is 0 Å². The normalized spacial score (nSPS) is 12.2. The molecule has 0 saturated heterocycles. The minimum atomic E-state index is -0.683. The Labute approximate surface area is 106 Å². The molecule has 1 aromatic rings. The van der Waals surface area contributed by atoms with Crippen molar-refractivity contribution in [1.82, 2.24) is 0 Å². The van der Waals surface area contributed by atoms with Gasteiger partial charge >= 0.3 is 5.97 Å². The number of rotatable bonds is 4. The molecule has 0 heterocycles. The van der Waals surface area contributed by atoms with E-state index in [2.05, 4.69) is 0 Å². The Morgan fingerprint density at radius 3 is 2.24 bits per heavy atom. The van der Waals surface area contributed by atoms with Gasteiger partial charge in [0, 0.05) is 11.8 Å². The number of carbonyl (C=O) groups excluding carboxylic acids is 2. The summed E-state index contributed by atoms with van der Waals surface area (Å²) >= 11 is 1.11. The van der Waals surface area contributed by atoms with E-state index in [9.17, 15) is 9.59 Å². The van der Waals surface area contributed by atoms with Gasteiger partial charge in [0.1, 0.15) is 0 Å². The fraction of sp³-hybridized carbons (Fsp3) is 0.385. The van der Waals surface area contributed by atoms with Gasteiger partial charge in [-0.05, 0) is 29.8 Å². The molecule has 0 aliphatic heterocycles. The number of ether oxygens (including phenoxy) is 1. The lowest BCUT2D eigenvalue weighted by Crippen LogP contribution is -2.29. The molecule has 17 heavy (non-hydrogen) atoms. The van der Waals surface area contributed by atoms with Gasteiger partial charge in [0.05, 0.1) is 0 Å². The highest BCUT2D eigenvalue weighted by Crippen LogP contribution is 2.23. The lowest BCUT2D eigenvalue weighted by Gasteiger charge is -2.18. The van der Waals surface area contributed by atoms with Crippen LogP contribution in [-0.4, -0.2) is 17.2 Å². The van der Waals surface area contributed by atoms with Crippen molar-refractivity contribution < 1.29 is 14.3 Å². The van der Waals surface area contributed by atoms with Crippen LogP contribution in [0.4, 0.5) is 0 Å². The Hall–Kier alpha value is -1.29. The van der Waals surface area contributed by atoms with Crippen LogP contribution in [0.15, 0.2) is 35.2 Å². The van der Waals surface area contributed by atoms with Crippen LogP contribution < -0.4 is 0 Å². The lowest BCUT2D eigenvalue weighted by molar-refractivity contribution is -0.152. The van der Waals surface area contributed by atoms with Crippen LogP contribution in [0.25, 0.3) is 0 Å². The molecule has 0 spiro atoms. The molecule has 4 heteroatoms. The molecule has 0 aromatic heterocycles. The van der Waals surface area contributed by atoms with Crippen molar-refractivity contribution >= 4 is 22.8 Å². The third-order valence-electron chi connectivity index (χ3n) is 2.09. The number of esters is 1. The third kappa shape index (κ3) is 4.61. The Bertz CT molecular complexity index is 387. The Kier molecular flexibility index (Phi) is 5.22. The van der Waals surface area contributed by atoms with E-state index in [1.807, 2.05) is 44.2 Å². The first-order valence-electron chi connectivity index (χ1n) is 5.44. The van der Waals surface area contributed by atoms with Gasteiger partial charge < -0.3 is 4.74 Å². The van der Waals surface area contributed by atoms with Crippen LogP contribution in [0.5, 0.6) is 0 Å². The summed E-state index contributed by atoms with van der Waals surface area (Å²) in [7, 11) is 0. The van der Waals surface area contributed by atoms with Gasteiger partial charge in [-0.15, -0.1) is 0 Å². The van der Waals surface area contributed by atoms with E-state index >= 15 is 0 Å². The number of benzene rings is 1. The maximum absolute atomic E-state index is 12.0. The van der Waals surface area contributed by atoms with E-state index in [0.717, 1.165) is 16.7 Å². The molecule has 0 aliphatic carbocycles. The maximum atomic E-state index is 12.0. The van der Waals surface area contributed by atoms with E-state index < -0.39 is 12.1 Å². The second-order valence-electron chi connectivity index (χ2n) is 4.01. The minimum Gasteiger partial charge on any atom is -0.453 e. The van der Waals surface area contributed by atoms with Gasteiger partial charge in [0.2, 0.25) is 5.12 Å². The van der Waals surface area contributed by atoms with Crippen LogP contribution in [0.2, 0.25) is 0 Å². The van der Waals surface area contributed by atoms with Gasteiger partial charge in [-0.1, -0.05) is 32.0 Å². The van der Waals surface area contributed by atoms with Crippen molar-refractivity contribution in [2.45, 2.75) is 31.8 Å². The molecule has 0 aliphatic rings. The summed E-state index contributed by atoms with van der Waals surface area (Å²) in [6.07, 6.45) is -0.683. The second-order valence-corrected chi connectivity index (χ2v) is 5.09. The topological polar surface area (TPSA) is 43.4 Å². The number of thioether (sulfide) groups is 1. The average molecular weight is 252 g/mol. The Balaban J connectivity index is 2.69. The third-order valence-corrected chi connectivity index (χ3v) is 3.03. The molecule has 92 valence electrons. The fourth-order valence-electron chi connectivity index (χ4n) is 1.30. The van der Waals surface area contributed by atoms with E-state index in [0.29, 0.717) is 0 Å². The van der Waals surface area contributed by atoms with Gasteiger partial charge in [0.15, 0.2) is 6.10 Å². The van der Waals surface area contributed by atoms with E-state index in [-0.39, 0.29) is 11.0 Å². The quantitative estimate of drug-likeness (QED) is 0.610. The summed E-state index contributed by atoms with van der Waals surface area (Å²) in [4.78, 5) is 23.8. The summed E-state index contributed by atoms with van der Waals surface area (Å²) < 4.78 is 5.04. The van der Waals surface area contributed by atoms with Crippen LogP contribution in [-0.2, 0) is 14.3 Å². The van der Waals surface area contributed by atoms with Crippen molar-refractivity contribution in [3.63, 3.8) is 0 Å². The van der Waals surface area contributed by atoms with Gasteiger partial charge in [-0.2, -0.15) is 0 Å². The van der Waals surface area contributed by atoms with Crippen LogP contribution >= 0.6 is 11.8 Å². The monoisotopic (exact) mass is 252 g/mol. The second kappa shape index (κ2) is 6.45. The van der Waals surface area contributed by atoms with E-state index in [1.54, 1.807) is 0 Å². The van der Waals surface area contributed by atoms with Crippen LogP contribution in [0.1, 0.15) is 20.8 Å². The van der Waals surface area contributed by atoms with Crippen LogP contribution in [0.3, 0.4) is 0 Å². The molecule has 1 atom stereocenters. The van der Waals surface area contributed by atoms with Crippen molar-refractivity contribution in [2.75, 3.05) is 0 Å². The molecule has 1 aromatic carbocycles. The summed E-state index contributed by atoms with van der Waals surface area (Å²) in [5.74, 6) is -0.451. The highest BCUT2D eigenvalue weighted by molar-refractivity contribution is 8.13. The van der Waals surface area contributed by atoms with Crippen molar-refractivity contribution in [3.8, 4) is 0 Å². The predicted molar refractivity (Wildman–Crippen MR) is 67.7 cm³/mol. The summed E-state index contributed by atoms with van der Waals surface area (Å²) in [5.41, 5.74) is 0. The molecule has 0 amide bonds. The van der Waals surface area contributed by atoms with Crippen molar-refractivity contribution in [3.05, 3.63) is 30.3 Å². The minimum absolute atomic E-state index is 0.0254. The fourth-order valence-corrected chi connectivity index (χ4v) is 2.26. The number of hydrogen-bond donors (Lipinski definition) is 0. The summed E-state index contributed by atoms with van der Waals surface area (Å²) in [6, 6.07) is 9.33. The highest BCUT2D eigenvalue weighted by Gasteiger charge is 2.25. The average Bonchev–Trinajstić information content (AvgIpc) is 2.26. The molecule has 0 radical (unpaired) electrons. The smallest absolute Gasteiger partial charge is 0.303 e. The standard InChI is InChI=1S/C13H16O3S/c1-9(2)12(16-10(3)14)13(15)17-11-7-5-4-6-8-11/h4-9,12H,1-3H3/t12-/m0/s1. The summed E-state index contributed by atoms with van der Waals surface area (Å²) in [6.45, 7) is 5.03. The molecule has 0 saturated carbocycles. The first-order valence-corrected chi connectivity index (χ1v) is 6.26. The molecular weight excluding hydrogens is 236 g/mol. The molecule has 0 N–H and O–H groups in total. The van der Waals surface area contributed by atoms with Crippen molar-refractivity contribution in [1.29, 1.82) is 0 Å². The highest BCUT2D eigenvalue weighted by atomic mass is 32.2. The Morgan fingerprint density at radius 1 is 1.18 bits per heavy atom. The van der Waals surface area contributed by atoms with Gasteiger partial charge in [-0.3, -0.25) is 9.59 Å². The first kappa shape index (κ1) is 13.8. The predicted octanol–water partition coefficient (Wildman–Crippen LogP) is 2.89. The first-order chi connectivity index (χ1) is 8.00. The number of hydrogen-bond acceptors (Lipinski definition) is 4. The largest absolute Gasteiger partial charge is 0.453 e. The zero-order valence-electron chi connectivity index (χ0n) is 10.2. The molecule has 0 unspecified atom stereocenters.